The summed E-state index contributed by atoms with van der Waals surface area (Å²) in [5.74, 6) is 1.66. The molecule has 0 fully saturated rings. The van der Waals surface area contributed by atoms with Gasteiger partial charge in [-0.15, -0.1) is 0 Å². The fourth-order valence-electron chi connectivity index (χ4n) is 3.16. The lowest BCUT2D eigenvalue weighted by Crippen LogP contribution is -2.08. The first-order valence-corrected chi connectivity index (χ1v) is 8.81. The lowest BCUT2D eigenvalue weighted by atomic mass is 10.1. The number of nitrogens with zero attached hydrogens (tertiary/aromatic N) is 2. The molecule has 2 aromatic heterocycles. The highest BCUT2D eigenvalue weighted by Crippen LogP contribution is 2.34. The highest BCUT2D eigenvalue weighted by Gasteiger charge is 2.11. The van der Waals surface area contributed by atoms with Crippen molar-refractivity contribution >= 4 is 28.1 Å². The van der Waals surface area contributed by atoms with Crippen LogP contribution in [0.4, 0.5) is 17.2 Å². The monoisotopic (exact) mass is 358 g/mol. The molecule has 2 aromatic carbocycles. The molecule has 136 valence electrons. The molecule has 0 aliphatic rings. The van der Waals surface area contributed by atoms with E-state index >= 15 is 0 Å². The summed E-state index contributed by atoms with van der Waals surface area (Å²) in [6, 6.07) is 20.3. The molecule has 0 saturated heterocycles. The molecular weight excluding hydrogens is 336 g/mol. The Morgan fingerprint density at radius 2 is 1.85 bits per heavy atom. The zero-order valence-electron chi connectivity index (χ0n) is 15.7. The number of nitrogens with one attached hydrogen (secondary N) is 2. The second-order valence-electron chi connectivity index (χ2n) is 6.57. The summed E-state index contributed by atoms with van der Waals surface area (Å²) in [4.78, 5) is 10.1. The second-order valence-corrected chi connectivity index (χ2v) is 6.57. The van der Waals surface area contributed by atoms with Crippen molar-refractivity contribution in [2.45, 2.75) is 0 Å². The van der Waals surface area contributed by atoms with E-state index in [2.05, 4.69) is 38.4 Å². The summed E-state index contributed by atoms with van der Waals surface area (Å²) in [5, 5.41) is 4.48. The predicted molar refractivity (Wildman–Crippen MR) is 112 cm³/mol. The van der Waals surface area contributed by atoms with Gasteiger partial charge in [0.25, 0.3) is 0 Å². The van der Waals surface area contributed by atoms with Crippen LogP contribution in [0.1, 0.15) is 0 Å². The molecule has 0 aliphatic heterocycles. The number of aromatic amines is 1. The third kappa shape index (κ3) is 3.31. The Labute approximate surface area is 158 Å². The van der Waals surface area contributed by atoms with Crippen LogP contribution >= 0.6 is 0 Å². The minimum atomic E-state index is 0.820. The number of benzene rings is 2. The molecule has 0 unspecified atom stereocenters. The van der Waals surface area contributed by atoms with Gasteiger partial charge in [0.2, 0.25) is 0 Å². The number of anilines is 3. The fourth-order valence-corrected chi connectivity index (χ4v) is 3.16. The van der Waals surface area contributed by atoms with Crippen LogP contribution in [-0.4, -0.2) is 31.2 Å². The molecule has 0 bridgehead atoms. The van der Waals surface area contributed by atoms with Crippen molar-refractivity contribution in [3.63, 3.8) is 0 Å². The largest absolute Gasteiger partial charge is 0.496 e. The number of pyridine rings is 1. The van der Waals surface area contributed by atoms with Gasteiger partial charge in [0.15, 0.2) is 0 Å². The van der Waals surface area contributed by atoms with Gasteiger partial charge in [-0.3, -0.25) is 0 Å². The standard InChI is InChI=1S/C22H22N4O/c1-26(2)16-8-6-7-15(13-16)24-22-18-14-20(25-19(18)11-12-23-22)17-9-4-5-10-21(17)27-3/h4-14,25H,1-3H3,(H,23,24). The van der Waals surface area contributed by atoms with Gasteiger partial charge < -0.3 is 19.9 Å². The van der Waals surface area contributed by atoms with Crippen molar-refractivity contribution in [2.24, 2.45) is 0 Å². The maximum absolute atomic E-state index is 5.50. The van der Waals surface area contributed by atoms with E-state index in [1.54, 1.807) is 7.11 Å². The summed E-state index contributed by atoms with van der Waals surface area (Å²) < 4.78 is 5.50. The maximum Gasteiger partial charge on any atom is 0.139 e. The van der Waals surface area contributed by atoms with E-state index in [4.69, 9.17) is 4.74 Å². The van der Waals surface area contributed by atoms with E-state index in [-0.39, 0.29) is 0 Å². The smallest absolute Gasteiger partial charge is 0.139 e. The third-order valence-electron chi connectivity index (χ3n) is 4.57. The van der Waals surface area contributed by atoms with Gasteiger partial charge in [0, 0.05) is 42.6 Å². The Morgan fingerprint density at radius 1 is 1.00 bits per heavy atom. The van der Waals surface area contributed by atoms with Crippen LogP contribution < -0.4 is 15.0 Å². The maximum atomic E-state index is 5.50. The summed E-state index contributed by atoms with van der Waals surface area (Å²) in [6.07, 6.45) is 1.81. The van der Waals surface area contributed by atoms with Gasteiger partial charge in [-0.25, -0.2) is 4.98 Å². The van der Waals surface area contributed by atoms with Crippen molar-refractivity contribution in [2.75, 3.05) is 31.4 Å². The first-order chi connectivity index (χ1) is 13.2. The number of rotatable bonds is 5. The number of ether oxygens (including phenoxy) is 1. The first-order valence-electron chi connectivity index (χ1n) is 8.81. The summed E-state index contributed by atoms with van der Waals surface area (Å²) in [7, 11) is 5.75. The van der Waals surface area contributed by atoms with E-state index in [1.165, 1.54) is 0 Å². The van der Waals surface area contributed by atoms with Crippen LogP contribution in [0, 0.1) is 0 Å². The molecule has 2 heterocycles. The number of methoxy groups -OCH3 is 1. The van der Waals surface area contributed by atoms with Gasteiger partial charge >= 0.3 is 0 Å². The number of aromatic nitrogens is 2. The highest BCUT2D eigenvalue weighted by molar-refractivity contribution is 5.95. The minimum Gasteiger partial charge on any atom is -0.496 e. The molecule has 0 aliphatic carbocycles. The number of hydrogen-bond donors (Lipinski definition) is 2. The highest BCUT2D eigenvalue weighted by atomic mass is 16.5. The quantitative estimate of drug-likeness (QED) is 0.524. The van der Waals surface area contributed by atoms with E-state index in [9.17, 15) is 0 Å². The predicted octanol–water partition coefficient (Wildman–Crippen LogP) is 5.05. The molecule has 27 heavy (non-hydrogen) atoms. The number of fused-ring (bicyclic) bond motifs is 1. The number of hydrogen-bond acceptors (Lipinski definition) is 4. The van der Waals surface area contributed by atoms with Crippen molar-refractivity contribution in [1.29, 1.82) is 0 Å². The average molecular weight is 358 g/mol. The average Bonchev–Trinajstić information content (AvgIpc) is 3.13. The van der Waals surface area contributed by atoms with Gasteiger partial charge in [-0.05, 0) is 42.5 Å². The molecule has 5 heteroatoms. The lowest BCUT2D eigenvalue weighted by Gasteiger charge is -2.14. The molecule has 0 amide bonds. The van der Waals surface area contributed by atoms with Crippen LogP contribution in [0.25, 0.3) is 22.2 Å². The van der Waals surface area contributed by atoms with Gasteiger partial charge in [0.05, 0.1) is 18.3 Å². The van der Waals surface area contributed by atoms with Crippen molar-refractivity contribution < 1.29 is 4.74 Å². The van der Waals surface area contributed by atoms with Gasteiger partial charge in [-0.2, -0.15) is 0 Å². The van der Waals surface area contributed by atoms with Crippen LogP contribution in [-0.2, 0) is 0 Å². The molecule has 4 rings (SSSR count). The Morgan fingerprint density at radius 3 is 2.67 bits per heavy atom. The zero-order chi connectivity index (χ0) is 18.8. The molecular formula is C22H22N4O. The SMILES string of the molecule is COc1ccccc1-c1cc2c(Nc3cccc(N(C)C)c3)nccc2[nH]1. The molecule has 0 atom stereocenters. The van der Waals surface area contributed by atoms with E-state index < -0.39 is 0 Å². The molecule has 0 radical (unpaired) electrons. The fraction of sp³-hybridized carbons (Fsp3) is 0.136. The topological polar surface area (TPSA) is 53.2 Å². The van der Waals surface area contributed by atoms with Gasteiger partial charge in [0.1, 0.15) is 11.6 Å². The number of H-pyrrole nitrogens is 1. The van der Waals surface area contributed by atoms with Crippen LogP contribution in [0.15, 0.2) is 66.9 Å². The van der Waals surface area contributed by atoms with Crippen LogP contribution in [0.5, 0.6) is 5.75 Å². The number of para-hydroxylation sites is 1. The van der Waals surface area contributed by atoms with Crippen LogP contribution in [0.3, 0.4) is 0 Å². The molecule has 4 aromatic rings. The Bertz CT molecular complexity index is 1080. The summed E-state index contributed by atoms with van der Waals surface area (Å²) >= 11 is 0. The molecule has 0 saturated carbocycles. The van der Waals surface area contributed by atoms with Crippen molar-refractivity contribution in [1.82, 2.24) is 9.97 Å². The zero-order valence-corrected chi connectivity index (χ0v) is 15.7. The molecule has 2 N–H and O–H groups in total. The molecule has 5 nitrogen and oxygen atoms in total. The van der Waals surface area contributed by atoms with E-state index in [0.29, 0.717) is 0 Å². The Hall–Kier alpha value is -3.47. The van der Waals surface area contributed by atoms with E-state index in [1.807, 2.05) is 62.8 Å². The van der Waals surface area contributed by atoms with Gasteiger partial charge in [-0.1, -0.05) is 18.2 Å². The summed E-state index contributed by atoms with van der Waals surface area (Å²) in [6.45, 7) is 0. The third-order valence-corrected chi connectivity index (χ3v) is 4.57. The van der Waals surface area contributed by atoms with Crippen LogP contribution in [0.2, 0.25) is 0 Å². The summed E-state index contributed by atoms with van der Waals surface area (Å²) in [5.41, 5.74) is 5.19. The minimum absolute atomic E-state index is 0.820. The lowest BCUT2D eigenvalue weighted by molar-refractivity contribution is 0.416. The molecule has 0 spiro atoms. The van der Waals surface area contributed by atoms with E-state index in [0.717, 1.165) is 45.1 Å². The Kier molecular flexibility index (Phi) is 4.42. The van der Waals surface area contributed by atoms with Crippen molar-refractivity contribution in [3.8, 4) is 17.0 Å². The first kappa shape index (κ1) is 17.0. The normalized spacial score (nSPS) is 10.8. The Balaban J connectivity index is 1.75. The van der Waals surface area contributed by atoms with Crippen molar-refractivity contribution in [3.05, 3.63) is 66.9 Å². The second kappa shape index (κ2) is 7.03.